The minimum Gasteiger partial charge on any atom is -0.497 e. The van der Waals surface area contributed by atoms with Crippen molar-refractivity contribution in [1.29, 1.82) is 0 Å². The summed E-state index contributed by atoms with van der Waals surface area (Å²) in [7, 11) is 3.07. The molecule has 0 fully saturated rings. The highest BCUT2D eigenvalue weighted by atomic mass is 16.5. The third kappa shape index (κ3) is 4.12. The fourth-order valence-electron chi connectivity index (χ4n) is 2.09. The molecule has 2 aromatic rings. The number of ether oxygens (including phenoxy) is 3. The van der Waals surface area contributed by atoms with Crippen LogP contribution in [0.4, 0.5) is 0 Å². The first-order valence-electron chi connectivity index (χ1n) is 7.26. The second-order valence-electron chi connectivity index (χ2n) is 4.65. The summed E-state index contributed by atoms with van der Waals surface area (Å²) in [6, 6.07) is 8.74. The Hall–Kier alpha value is -2.76. The van der Waals surface area contributed by atoms with E-state index < -0.39 is 0 Å². The molecule has 0 aliphatic heterocycles. The van der Waals surface area contributed by atoms with Gasteiger partial charge < -0.3 is 19.5 Å². The van der Waals surface area contributed by atoms with Crippen LogP contribution in [0.25, 0.3) is 0 Å². The lowest BCUT2D eigenvalue weighted by molar-refractivity contribution is 0.0947. The van der Waals surface area contributed by atoms with Gasteiger partial charge in [0.15, 0.2) is 0 Å². The van der Waals surface area contributed by atoms with Gasteiger partial charge in [0, 0.05) is 18.3 Å². The van der Waals surface area contributed by atoms with E-state index in [1.807, 2.05) is 13.0 Å². The van der Waals surface area contributed by atoms with Crippen molar-refractivity contribution >= 4 is 5.91 Å². The van der Waals surface area contributed by atoms with E-state index >= 15 is 0 Å². The summed E-state index contributed by atoms with van der Waals surface area (Å²) in [5.74, 6) is 1.34. The maximum Gasteiger partial charge on any atom is 0.255 e. The molecular weight excluding hydrogens is 296 g/mol. The zero-order chi connectivity index (χ0) is 16.7. The first-order chi connectivity index (χ1) is 11.2. The van der Waals surface area contributed by atoms with E-state index in [0.29, 0.717) is 36.1 Å². The topological polar surface area (TPSA) is 69.7 Å². The summed E-state index contributed by atoms with van der Waals surface area (Å²) in [4.78, 5) is 16.6. The molecule has 0 radical (unpaired) electrons. The molecule has 0 spiro atoms. The van der Waals surface area contributed by atoms with Crippen LogP contribution in [0.1, 0.15) is 22.8 Å². The van der Waals surface area contributed by atoms with Crippen LogP contribution in [0, 0.1) is 0 Å². The zero-order valence-electron chi connectivity index (χ0n) is 13.5. The van der Waals surface area contributed by atoms with Crippen LogP contribution in [0.5, 0.6) is 17.4 Å². The molecule has 0 saturated carbocycles. The van der Waals surface area contributed by atoms with Crippen molar-refractivity contribution in [1.82, 2.24) is 10.3 Å². The van der Waals surface area contributed by atoms with Gasteiger partial charge in [-0.3, -0.25) is 4.79 Å². The minimum absolute atomic E-state index is 0.257. The van der Waals surface area contributed by atoms with Crippen molar-refractivity contribution < 1.29 is 19.0 Å². The standard InChI is InChI=1S/C17H20N2O4/c1-4-23-17-12(6-5-9-18-17)11-19-16(20)14-10-13(21-2)7-8-15(14)22-3/h5-10H,4,11H2,1-3H3,(H,19,20). The number of carbonyl (C=O) groups is 1. The highest BCUT2D eigenvalue weighted by molar-refractivity contribution is 5.97. The van der Waals surface area contributed by atoms with E-state index in [1.165, 1.54) is 7.11 Å². The summed E-state index contributed by atoms with van der Waals surface area (Å²) >= 11 is 0. The molecule has 0 bridgehead atoms. The molecule has 1 aromatic carbocycles. The molecule has 0 atom stereocenters. The monoisotopic (exact) mass is 316 g/mol. The lowest BCUT2D eigenvalue weighted by Gasteiger charge is -2.12. The van der Waals surface area contributed by atoms with Gasteiger partial charge in [0.25, 0.3) is 5.91 Å². The Balaban J connectivity index is 2.14. The first kappa shape index (κ1) is 16.6. The number of rotatable bonds is 7. The van der Waals surface area contributed by atoms with Crippen LogP contribution in [0.3, 0.4) is 0 Å². The van der Waals surface area contributed by atoms with E-state index in [4.69, 9.17) is 14.2 Å². The third-order valence-corrected chi connectivity index (χ3v) is 3.22. The molecule has 0 aliphatic rings. The molecular formula is C17H20N2O4. The summed E-state index contributed by atoms with van der Waals surface area (Å²) in [5, 5.41) is 2.85. The molecule has 1 N–H and O–H groups in total. The summed E-state index contributed by atoms with van der Waals surface area (Å²) in [6.45, 7) is 2.71. The Morgan fingerprint density at radius 1 is 1.22 bits per heavy atom. The Morgan fingerprint density at radius 3 is 2.74 bits per heavy atom. The minimum atomic E-state index is -0.257. The predicted octanol–water partition coefficient (Wildman–Crippen LogP) is 2.43. The number of aromatic nitrogens is 1. The normalized spacial score (nSPS) is 10.0. The van der Waals surface area contributed by atoms with Gasteiger partial charge in [-0.2, -0.15) is 0 Å². The average molecular weight is 316 g/mol. The molecule has 6 heteroatoms. The quantitative estimate of drug-likeness (QED) is 0.849. The van der Waals surface area contributed by atoms with Gasteiger partial charge in [0.2, 0.25) is 5.88 Å². The lowest BCUT2D eigenvalue weighted by Crippen LogP contribution is -2.24. The molecule has 1 heterocycles. The summed E-state index contributed by atoms with van der Waals surface area (Å²) < 4.78 is 15.8. The summed E-state index contributed by atoms with van der Waals surface area (Å²) in [5.41, 5.74) is 1.22. The van der Waals surface area contributed by atoms with Gasteiger partial charge in [-0.1, -0.05) is 6.07 Å². The predicted molar refractivity (Wildman–Crippen MR) is 86.1 cm³/mol. The van der Waals surface area contributed by atoms with E-state index in [1.54, 1.807) is 37.6 Å². The van der Waals surface area contributed by atoms with E-state index in [-0.39, 0.29) is 5.91 Å². The molecule has 2 rings (SSSR count). The number of benzene rings is 1. The fourth-order valence-corrected chi connectivity index (χ4v) is 2.09. The number of pyridine rings is 1. The van der Waals surface area contributed by atoms with Crippen LogP contribution in [-0.4, -0.2) is 31.7 Å². The van der Waals surface area contributed by atoms with Crippen molar-refractivity contribution in [3.05, 3.63) is 47.7 Å². The molecule has 1 aromatic heterocycles. The molecule has 0 unspecified atom stereocenters. The second-order valence-corrected chi connectivity index (χ2v) is 4.65. The van der Waals surface area contributed by atoms with E-state index in [9.17, 15) is 4.79 Å². The molecule has 122 valence electrons. The van der Waals surface area contributed by atoms with Crippen molar-refractivity contribution in [2.75, 3.05) is 20.8 Å². The van der Waals surface area contributed by atoms with Crippen LogP contribution >= 0.6 is 0 Å². The van der Waals surface area contributed by atoms with Gasteiger partial charge in [0.1, 0.15) is 11.5 Å². The van der Waals surface area contributed by atoms with Gasteiger partial charge >= 0.3 is 0 Å². The molecule has 23 heavy (non-hydrogen) atoms. The van der Waals surface area contributed by atoms with Gasteiger partial charge in [0.05, 0.1) is 26.4 Å². The van der Waals surface area contributed by atoms with Crippen molar-refractivity contribution in [2.24, 2.45) is 0 Å². The SMILES string of the molecule is CCOc1ncccc1CNC(=O)c1cc(OC)ccc1OC. The summed E-state index contributed by atoms with van der Waals surface area (Å²) in [6.07, 6.45) is 1.65. The Labute approximate surface area is 135 Å². The number of carbonyl (C=O) groups excluding carboxylic acids is 1. The molecule has 6 nitrogen and oxygen atoms in total. The zero-order valence-corrected chi connectivity index (χ0v) is 13.5. The number of hydrogen-bond donors (Lipinski definition) is 1. The maximum atomic E-state index is 12.4. The number of amides is 1. The van der Waals surface area contributed by atoms with Crippen LogP contribution in [-0.2, 0) is 6.54 Å². The second kappa shape index (κ2) is 8.03. The van der Waals surface area contributed by atoms with Crippen LogP contribution < -0.4 is 19.5 Å². The van der Waals surface area contributed by atoms with E-state index in [0.717, 1.165) is 5.56 Å². The smallest absolute Gasteiger partial charge is 0.255 e. The number of methoxy groups -OCH3 is 2. The van der Waals surface area contributed by atoms with Gasteiger partial charge in [-0.05, 0) is 31.2 Å². The Kier molecular flexibility index (Phi) is 5.80. The van der Waals surface area contributed by atoms with Crippen LogP contribution in [0.2, 0.25) is 0 Å². The fraction of sp³-hybridized carbons (Fsp3) is 0.294. The first-order valence-corrected chi connectivity index (χ1v) is 7.26. The van der Waals surface area contributed by atoms with Gasteiger partial charge in [-0.25, -0.2) is 4.98 Å². The number of nitrogens with one attached hydrogen (secondary N) is 1. The maximum absolute atomic E-state index is 12.4. The molecule has 0 saturated heterocycles. The van der Waals surface area contributed by atoms with Crippen molar-refractivity contribution in [3.63, 3.8) is 0 Å². The van der Waals surface area contributed by atoms with Gasteiger partial charge in [-0.15, -0.1) is 0 Å². The number of nitrogens with zero attached hydrogens (tertiary/aromatic N) is 1. The van der Waals surface area contributed by atoms with Crippen molar-refractivity contribution in [3.8, 4) is 17.4 Å². The Morgan fingerprint density at radius 2 is 2.04 bits per heavy atom. The number of hydrogen-bond acceptors (Lipinski definition) is 5. The van der Waals surface area contributed by atoms with Crippen molar-refractivity contribution in [2.45, 2.75) is 13.5 Å². The van der Waals surface area contributed by atoms with Crippen LogP contribution in [0.15, 0.2) is 36.5 Å². The lowest BCUT2D eigenvalue weighted by atomic mass is 10.1. The molecule has 1 amide bonds. The average Bonchev–Trinajstić information content (AvgIpc) is 2.60. The van der Waals surface area contributed by atoms with E-state index in [2.05, 4.69) is 10.3 Å². The molecule has 0 aliphatic carbocycles. The highest BCUT2D eigenvalue weighted by Crippen LogP contribution is 2.24. The highest BCUT2D eigenvalue weighted by Gasteiger charge is 2.14. The largest absolute Gasteiger partial charge is 0.497 e. The Bertz CT molecular complexity index is 673. The third-order valence-electron chi connectivity index (χ3n) is 3.22.